The molecule has 1 aromatic carbocycles. The van der Waals surface area contributed by atoms with Crippen LogP contribution < -0.4 is 9.80 Å². The first-order chi connectivity index (χ1) is 8.72. The molecule has 1 aromatic heterocycles. The highest BCUT2D eigenvalue weighted by molar-refractivity contribution is 5.62. The third-order valence-electron chi connectivity index (χ3n) is 2.76. The molecule has 0 aliphatic heterocycles. The van der Waals surface area contributed by atoms with Crippen LogP contribution in [0.25, 0.3) is 0 Å². The maximum atomic E-state index is 4.36. The largest absolute Gasteiger partial charge is 0.363 e. The first-order valence-corrected chi connectivity index (χ1v) is 6.04. The number of hydrogen-bond acceptors (Lipinski definition) is 4. The molecule has 94 valence electrons. The van der Waals surface area contributed by atoms with Crippen molar-refractivity contribution in [2.75, 3.05) is 30.4 Å². The van der Waals surface area contributed by atoms with Crippen molar-refractivity contribution in [3.05, 3.63) is 42.7 Å². The molecule has 0 atom stereocenters. The molecule has 0 aliphatic carbocycles. The van der Waals surface area contributed by atoms with Crippen molar-refractivity contribution in [3.8, 4) is 0 Å². The number of nitrogens with zero attached hydrogens (tertiary/aromatic N) is 4. The Morgan fingerprint density at radius 2 is 1.67 bits per heavy atom. The highest BCUT2D eigenvalue weighted by atomic mass is 15.2. The summed E-state index contributed by atoms with van der Waals surface area (Å²) in [6, 6.07) is 12.2. The van der Waals surface area contributed by atoms with E-state index in [2.05, 4.69) is 33.9 Å². The summed E-state index contributed by atoms with van der Waals surface area (Å²) in [5, 5.41) is 0. The van der Waals surface area contributed by atoms with Gasteiger partial charge in [-0.2, -0.15) is 0 Å². The second kappa shape index (κ2) is 5.49. The molecule has 4 heteroatoms. The quantitative estimate of drug-likeness (QED) is 0.825. The summed E-state index contributed by atoms with van der Waals surface area (Å²) < 4.78 is 0. The van der Waals surface area contributed by atoms with Gasteiger partial charge in [0, 0.05) is 32.4 Å². The number of rotatable bonds is 4. The fraction of sp³-hybridized carbons (Fsp3) is 0.286. The molecule has 0 bridgehead atoms. The van der Waals surface area contributed by atoms with Crippen molar-refractivity contribution in [2.24, 2.45) is 0 Å². The van der Waals surface area contributed by atoms with Crippen LogP contribution >= 0.6 is 0 Å². The average molecular weight is 242 g/mol. The number of anilines is 3. The van der Waals surface area contributed by atoms with Crippen LogP contribution in [-0.4, -0.2) is 30.6 Å². The zero-order valence-corrected chi connectivity index (χ0v) is 11.0. The van der Waals surface area contributed by atoms with Gasteiger partial charge in [-0.1, -0.05) is 18.2 Å². The third kappa shape index (κ3) is 2.59. The highest BCUT2D eigenvalue weighted by Crippen LogP contribution is 2.24. The van der Waals surface area contributed by atoms with Gasteiger partial charge in [0.1, 0.15) is 18.0 Å². The molecule has 0 radical (unpaired) electrons. The molecule has 0 fully saturated rings. The Kier molecular flexibility index (Phi) is 3.77. The molecular formula is C14H18N4. The van der Waals surface area contributed by atoms with Gasteiger partial charge in [0.15, 0.2) is 0 Å². The Labute approximate surface area is 108 Å². The minimum absolute atomic E-state index is 0.869. The van der Waals surface area contributed by atoms with Gasteiger partial charge in [-0.05, 0) is 19.1 Å². The summed E-state index contributed by atoms with van der Waals surface area (Å²) in [4.78, 5) is 12.7. The summed E-state index contributed by atoms with van der Waals surface area (Å²) in [7, 11) is 3.95. The summed E-state index contributed by atoms with van der Waals surface area (Å²) in [6.45, 7) is 2.98. The van der Waals surface area contributed by atoms with E-state index in [0.29, 0.717) is 0 Å². The lowest BCUT2D eigenvalue weighted by Gasteiger charge is -2.23. The lowest BCUT2D eigenvalue weighted by molar-refractivity contribution is 0.961. The standard InChI is InChI=1S/C14H18N4/c1-4-18(12-8-6-5-7-9-12)14-10-13(17(2)3)15-11-16-14/h5-11H,4H2,1-3H3. The minimum Gasteiger partial charge on any atom is -0.363 e. The first kappa shape index (κ1) is 12.4. The minimum atomic E-state index is 0.869. The van der Waals surface area contributed by atoms with Crippen LogP contribution in [-0.2, 0) is 0 Å². The van der Waals surface area contributed by atoms with Crippen LogP contribution in [0, 0.1) is 0 Å². The van der Waals surface area contributed by atoms with Crippen LogP contribution in [0.5, 0.6) is 0 Å². The predicted octanol–water partition coefficient (Wildman–Crippen LogP) is 2.70. The number of para-hydroxylation sites is 1. The zero-order chi connectivity index (χ0) is 13.0. The summed E-state index contributed by atoms with van der Waals surface area (Å²) >= 11 is 0. The van der Waals surface area contributed by atoms with Gasteiger partial charge in [0.25, 0.3) is 0 Å². The molecule has 18 heavy (non-hydrogen) atoms. The second-order valence-electron chi connectivity index (χ2n) is 4.21. The summed E-state index contributed by atoms with van der Waals surface area (Å²) in [5.41, 5.74) is 1.14. The Morgan fingerprint density at radius 3 is 2.28 bits per heavy atom. The molecule has 4 nitrogen and oxygen atoms in total. The van der Waals surface area contributed by atoms with Gasteiger partial charge in [-0.3, -0.25) is 0 Å². The first-order valence-electron chi connectivity index (χ1n) is 6.04. The number of hydrogen-bond donors (Lipinski definition) is 0. The van der Waals surface area contributed by atoms with Gasteiger partial charge in [-0.25, -0.2) is 9.97 Å². The van der Waals surface area contributed by atoms with E-state index in [1.165, 1.54) is 0 Å². The zero-order valence-electron chi connectivity index (χ0n) is 11.0. The SMILES string of the molecule is CCN(c1ccccc1)c1cc(N(C)C)ncn1. The van der Waals surface area contributed by atoms with Gasteiger partial charge < -0.3 is 9.80 Å². The maximum Gasteiger partial charge on any atom is 0.138 e. The Balaban J connectivity index is 2.36. The molecule has 0 saturated carbocycles. The van der Waals surface area contributed by atoms with Crippen molar-refractivity contribution in [3.63, 3.8) is 0 Å². The molecule has 0 N–H and O–H groups in total. The van der Waals surface area contributed by atoms with Gasteiger partial charge >= 0.3 is 0 Å². The van der Waals surface area contributed by atoms with E-state index in [9.17, 15) is 0 Å². The molecule has 1 heterocycles. The van der Waals surface area contributed by atoms with E-state index >= 15 is 0 Å². The second-order valence-corrected chi connectivity index (χ2v) is 4.21. The van der Waals surface area contributed by atoms with Crippen LogP contribution in [0.1, 0.15) is 6.92 Å². The molecular weight excluding hydrogens is 224 g/mol. The summed E-state index contributed by atoms with van der Waals surface area (Å²) in [5.74, 6) is 1.83. The lowest BCUT2D eigenvalue weighted by atomic mass is 10.3. The molecule has 0 amide bonds. The van der Waals surface area contributed by atoms with Crippen molar-refractivity contribution in [1.29, 1.82) is 0 Å². The molecule has 2 aromatic rings. The maximum absolute atomic E-state index is 4.36. The van der Waals surface area contributed by atoms with Crippen LogP contribution in [0.2, 0.25) is 0 Å². The van der Waals surface area contributed by atoms with Crippen molar-refractivity contribution in [1.82, 2.24) is 9.97 Å². The predicted molar refractivity (Wildman–Crippen MR) is 75.5 cm³/mol. The van der Waals surface area contributed by atoms with Gasteiger partial charge in [0.05, 0.1) is 0 Å². The van der Waals surface area contributed by atoms with Crippen molar-refractivity contribution in [2.45, 2.75) is 6.92 Å². The van der Waals surface area contributed by atoms with Crippen LogP contribution in [0.4, 0.5) is 17.3 Å². The number of benzene rings is 1. The van der Waals surface area contributed by atoms with Crippen LogP contribution in [0.3, 0.4) is 0 Å². The van der Waals surface area contributed by atoms with E-state index in [-0.39, 0.29) is 0 Å². The van der Waals surface area contributed by atoms with E-state index in [4.69, 9.17) is 0 Å². The van der Waals surface area contributed by atoms with Crippen molar-refractivity contribution >= 4 is 17.3 Å². The fourth-order valence-electron chi connectivity index (χ4n) is 1.81. The molecule has 0 saturated heterocycles. The molecule has 0 aliphatic rings. The van der Waals surface area contributed by atoms with Gasteiger partial charge in [0.2, 0.25) is 0 Å². The highest BCUT2D eigenvalue weighted by Gasteiger charge is 2.09. The molecule has 0 unspecified atom stereocenters. The van der Waals surface area contributed by atoms with Crippen molar-refractivity contribution < 1.29 is 0 Å². The van der Waals surface area contributed by atoms with E-state index in [1.54, 1.807) is 6.33 Å². The Hall–Kier alpha value is -2.10. The lowest BCUT2D eigenvalue weighted by Crippen LogP contribution is -2.19. The topological polar surface area (TPSA) is 32.3 Å². The number of aromatic nitrogens is 2. The Morgan fingerprint density at radius 1 is 1.00 bits per heavy atom. The smallest absolute Gasteiger partial charge is 0.138 e. The fourth-order valence-corrected chi connectivity index (χ4v) is 1.81. The Bertz CT molecular complexity index is 496. The van der Waals surface area contributed by atoms with Gasteiger partial charge in [-0.15, -0.1) is 0 Å². The average Bonchev–Trinajstić information content (AvgIpc) is 2.41. The van der Waals surface area contributed by atoms with E-state index < -0.39 is 0 Å². The monoisotopic (exact) mass is 242 g/mol. The molecule has 2 rings (SSSR count). The third-order valence-corrected chi connectivity index (χ3v) is 2.76. The van der Waals surface area contributed by atoms with E-state index in [0.717, 1.165) is 23.9 Å². The molecule has 0 spiro atoms. The van der Waals surface area contributed by atoms with Crippen LogP contribution in [0.15, 0.2) is 42.7 Å². The summed E-state index contributed by atoms with van der Waals surface area (Å²) in [6.07, 6.45) is 1.61. The van der Waals surface area contributed by atoms with E-state index in [1.807, 2.05) is 43.3 Å². The normalized spacial score (nSPS) is 10.2.